The average molecular weight is 307 g/mol. The summed E-state index contributed by atoms with van der Waals surface area (Å²) in [5.74, 6) is 4.43. The van der Waals surface area contributed by atoms with Gasteiger partial charge < -0.3 is 5.11 Å². The van der Waals surface area contributed by atoms with Crippen LogP contribution in [-0.2, 0) is 0 Å². The molecule has 0 spiro atoms. The van der Waals surface area contributed by atoms with E-state index in [0.29, 0.717) is 17.9 Å². The van der Waals surface area contributed by atoms with E-state index in [-0.39, 0.29) is 0 Å². The largest absolute Gasteiger partial charge is 0.396 e. The second-order valence-corrected chi connectivity index (χ2v) is 9.21. The van der Waals surface area contributed by atoms with Gasteiger partial charge in [0.1, 0.15) is 0 Å². The van der Waals surface area contributed by atoms with Crippen LogP contribution in [0.2, 0.25) is 0 Å². The Hall–Kier alpha value is -0.0400. The molecule has 0 amide bonds. The lowest BCUT2D eigenvalue weighted by molar-refractivity contribution is -0.0817. The van der Waals surface area contributed by atoms with Gasteiger partial charge in [-0.05, 0) is 67.1 Å². The fourth-order valence-corrected chi connectivity index (χ4v) is 6.52. The third-order valence-electron chi connectivity index (χ3n) is 8.00. The summed E-state index contributed by atoms with van der Waals surface area (Å²) in [4.78, 5) is 0. The Labute approximate surface area is 138 Å². The summed E-state index contributed by atoms with van der Waals surface area (Å²) in [6, 6.07) is 0. The lowest BCUT2D eigenvalue weighted by Crippen LogP contribution is -2.49. The van der Waals surface area contributed by atoms with Crippen LogP contribution < -0.4 is 0 Å². The van der Waals surface area contributed by atoms with Gasteiger partial charge in [0.15, 0.2) is 0 Å². The molecule has 3 saturated carbocycles. The Morgan fingerprint density at radius 2 is 1.59 bits per heavy atom. The number of hydrogen-bond donors (Lipinski definition) is 1. The second-order valence-electron chi connectivity index (χ2n) is 9.21. The molecule has 1 N–H and O–H groups in total. The van der Waals surface area contributed by atoms with Gasteiger partial charge in [-0.1, -0.05) is 58.8 Å². The fourth-order valence-electron chi connectivity index (χ4n) is 6.52. The standard InChI is InChI=1S/C21H38O/c1-16-7-3-4-11-19-17(9-5-8-16)13-14-21(2)18(15-22)10-6-12-20(19)21/h16-20,22H,3-15H2,1-2H3/t16-,17?,18-,19-,20?,21-/m1/s1. The molecule has 128 valence electrons. The van der Waals surface area contributed by atoms with Crippen LogP contribution in [0.15, 0.2) is 0 Å². The Kier molecular flexibility index (Phi) is 5.53. The van der Waals surface area contributed by atoms with Crippen LogP contribution in [-0.4, -0.2) is 11.7 Å². The molecule has 0 aromatic rings. The summed E-state index contributed by atoms with van der Waals surface area (Å²) >= 11 is 0. The predicted octanol–water partition coefficient (Wildman–Crippen LogP) is 5.81. The van der Waals surface area contributed by atoms with Crippen molar-refractivity contribution in [3.05, 3.63) is 0 Å². The van der Waals surface area contributed by atoms with E-state index in [9.17, 15) is 5.11 Å². The molecule has 0 bridgehead atoms. The molecule has 0 saturated heterocycles. The second kappa shape index (κ2) is 7.24. The van der Waals surface area contributed by atoms with Gasteiger partial charge in [-0.2, -0.15) is 0 Å². The Balaban J connectivity index is 1.75. The van der Waals surface area contributed by atoms with E-state index >= 15 is 0 Å². The van der Waals surface area contributed by atoms with E-state index in [1.807, 2.05) is 0 Å². The Morgan fingerprint density at radius 1 is 0.864 bits per heavy atom. The number of rotatable bonds is 1. The molecule has 1 nitrogen and oxygen atoms in total. The quantitative estimate of drug-likeness (QED) is 0.648. The Bertz CT molecular complexity index is 352. The van der Waals surface area contributed by atoms with Crippen LogP contribution in [0, 0.1) is 35.0 Å². The van der Waals surface area contributed by atoms with Crippen molar-refractivity contribution >= 4 is 0 Å². The van der Waals surface area contributed by atoms with Crippen LogP contribution in [0.3, 0.4) is 0 Å². The molecule has 0 aromatic heterocycles. The molecular formula is C21H38O. The van der Waals surface area contributed by atoms with E-state index in [4.69, 9.17) is 0 Å². The molecular weight excluding hydrogens is 268 g/mol. The zero-order chi connectivity index (χ0) is 15.6. The highest BCUT2D eigenvalue weighted by Gasteiger charge is 2.50. The minimum Gasteiger partial charge on any atom is -0.396 e. The van der Waals surface area contributed by atoms with E-state index in [1.165, 1.54) is 77.0 Å². The van der Waals surface area contributed by atoms with E-state index in [2.05, 4.69) is 13.8 Å². The van der Waals surface area contributed by atoms with Gasteiger partial charge >= 0.3 is 0 Å². The van der Waals surface area contributed by atoms with Gasteiger partial charge in [-0.3, -0.25) is 0 Å². The monoisotopic (exact) mass is 306 g/mol. The van der Waals surface area contributed by atoms with Crippen molar-refractivity contribution < 1.29 is 5.11 Å². The fraction of sp³-hybridized carbons (Fsp3) is 1.00. The van der Waals surface area contributed by atoms with E-state index < -0.39 is 0 Å². The van der Waals surface area contributed by atoms with Crippen LogP contribution >= 0.6 is 0 Å². The molecule has 0 aromatic carbocycles. The SMILES string of the molecule is C[C@@H]1CCCC[C@@H]2C(CCC1)CC[C@@]1(C)C2CCC[C@@H]1CO. The van der Waals surface area contributed by atoms with Gasteiger partial charge in [0.25, 0.3) is 0 Å². The van der Waals surface area contributed by atoms with Crippen LogP contribution in [0.5, 0.6) is 0 Å². The van der Waals surface area contributed by atoms with Gasteiger partial charge in [0.2, 0.25) is 0 Å². The van der Waals surface area contributed by atoms with E-state index in [0.717, 1.165) is 23.7 Å². The van der Waals surface area contributed by atoms with Gasteiger partial charge in [0, 0.05) is 6.61 Å². The summed E-state index contributed by atoms with van der Waals surface area (Å²) < 4.78 is 0. The third kappa shape index (κ3) is 3.25. The van der Waals surface area contributed by atoms with Crippen molar-refractivity contribution in [2.24, 2.45) is 35.0 Å². The third-order valence-corrected chi connectivity index (χ3v) is 8.00. The van der Waals surface area contributed by atoms with Gasteiger partial charge in [-0.25, -0.2) is 0 Å². The topological polar surface area (TPSA) is 20.2 Å². The summed E-state index contributed by atoms with van der Waals surface area (Å²) in [5.41, 5.74) is 0.450. The Morgan fingerprint density at radius 3 is 2.41 bits per heavy atom. The van der Waals surface area contributed by atoms with Crippen LogP contribution in [0.1, 0.15) is 90.9 Å². The molecule has 3 aliphatic carbocycles. The maximum Gasteiger partial charge on any atom is 0.0464 e. The molecule has 22 heavy (non-hydrogen) atoms. The molecule has 3 rings (SSSR count). The predicted molar refractivity (Wildman–Crippen MR) is 93.7 cm³/mol. The normalized spacial score (nSPS) is 47.3. The lowest BCUT2D eigenvalue weighted by atomic mass is 9.49. The van der Waals surface area contributed by atoms with Crippen molar-refractivity contribution in [2.75, 3.05) is 6.61 Å². The first-order chi connectivity index (χ1) is 10.6. The number of aliphatic hydroxyl groups excluding tert-OH is 1. The highest BCUT2D eigenvalue weighted by molar-refractivity contribution is 5.00. The highest BCUT2D eigenvalue weighted by Crippen LogP contribution is 2.58. The zero-order valence-electron chi connectivity index (χ0n) is 15.0. The van der Waals surface area contributed by atoms with Crippen molar-refractivity contribution in [1.29, 1.82) is 0 Å². The summed E-state index contributed by atoms with van der Waals surface area (Å²) in [6.07, 6.45) is 17.2. The number of fused-ring (bicyclic) bond motifs is 3. The van der Waals surface area contributed by atoms with Crippen molar-refractivity contribution in [1.82, 2.24) is 0 Å². The number of aliphatic hydroxyl groups is 1. The molecule has 0 heterocycles. The molecule has 3 aliphatic rings. The molecule has 2 unspecified atom stereocenters. The smallest absolute Gasteiger partial charge is 0.0464 e. The van der Waals surface area contributed by atoms with Crippen LogP contribution in [0.25, 0.3) is 0 Å². The first-order valence-corrected chi connectivity index (χ1v) is 10.3. The molecule has 0 radical (unpaired) electrons. The maximum absolute atomic E-state index is 9.90. The molecule has 1 heteroatoms. The summed E-state index contributed by atoms with van der Waals surface area (Å²) in [7, 11) is 0. The van der Waals surface area contributed by atoms with Crippen molar-refractivity contribution in [3.8, 4) is 0 Å². The maximum atomic E-state index is 9.90. The molecule has 3 fully saturated rings. The van der Waals surface area contributed by atoms with E-state index in [1.54, 1.807) is 0 Å². The lowest BCUT2D eigenvalue weighted by Gasteiger charge is -2.56. The summed E-state index contributed by atoms with van der Waals surface area (Å²) in [5, 5.41) is 9.90. The zero-order valence-corrected chi connectivity index (χ0v) is 15.0. The summed E-state index contributed by atoms with van der Waals surface area (Å²) in [6.45, 7) is 5.43. The minimum atomic E-state index is 0.432. The highest BCUT2D eigenvalue weighted by atomic mass is 16.3. The first-order valence-electron chi connectivity index (χ1n) is 10.3. The number of hydrogen-bond acceptors (Lipinski definition) is 1. The average Bonchev–Trinajstić information content (AvgIpc) is 2.52. The van der Waals surface area contributed by atoms with Crippen molar-refractivity contribution in [2.45, 2.75) is 90.9 Å². The molecule has 6 atom stereocenters. The van der Waals surface area contributed by atoms with Gasteiger partial charge in [0.05, 0.1) is 0 Å². The minimum absolute atomic E-state index is 0.432. The molecule has 0 aliphatic heterocycles. The van der Waals surface area contributed by atoms with Gasteiger partial charge in [-0.15, -0.1) is 0 Å². The first kappa shape index (κ1) is 16.8. The van der Waals surface area contributed by atoms with Crippen LogP contribution in [0.4, 0.5) is 0 Å². The van der Waals surface area contributed by atoms with Crippen molar-refractivity contribution in [3.63, 3.8) is 0 Å².